The fourth-order valence-electron chi connectivity index (χ4n) is 3.03. The largest absolute Gasteiger partial charge is 0.300 e. The lowest BCUT2D eigenvalue weighted by Gasteiger charge is -2.00. The van der Waals surface area contributed by atoms with Crippen molar-refractivity contribution in [3.8, 4) is 0 Å². The molecule has 1 fully saturated rings. The summed E-state index contributed by atoms with van der Waals surface area (Å²) >= 11 is 0. The number of rotatable bonds is 4. The Morgan fingerprint density at radius 1 is 0.800 bits per heavy atom. The van der Waals surface area contributed by atoms with Crippen molar-refractivity contribution in [2.45, 2.75) is 12.8 Å². The maximum absolute atomic E-state index is 12.6. The van der Waals surface area contributed by atoms with Gasteiger partial charge in [-0.25, -0.2) is 0 Å². The van der Waals surface area contributed by atoms with E-state index in [2.05, 4.69) is 0 Å². The standard InChI is InChI=1S/C18H16O2/c1-12(19)15-16(13-8-4-2-5-9-13)17(15)18(20)14-10-6-3-7-11-14/h2-11,15-17H,1H3/t15-,16+,17+/m0/s1. The van der Waals surface area contributed by atoms with Crippen LogP contribution in [0.5, 0.6) is 0 Å². The fraction of sp³-hybridized carbons (Fsp3) is 0.222. The second-order valence-electron chi connectivity index (χ2n) is 5.33. The first-order chi connectivity index (χ1) is 9.70. The van der Waals surface area contributed by atoms with E-state index in [1.54, 1.807) is 6.92 Å². The van der Waals surface area contributed by atoms with Crippen LogP contribution in [0.15, 0.2) is 60.7 Å². The van der Waals surface area contributed by atoms with E-state index in [0.717, 1.165) is 5.56 Å². The van der Waals surface area contributed by atoms with Gasteiger partial charge in [-0.2, -0.15) is 0 Å². The zero-order valence-corrected chi connectivity index (χ0v) is 11.3. The topological polar surface area (TPSA) is 34.1 Å². The molecule has 1 aliphatic carbocycles. The minimum atomic E-state index is -0.197. The maximum Gasteiger partial charge on any atom is 0.167 e. The Hall–Kier alpha value is -2.22. The number of carbonyl (C=O) groups excluding carboxylic acids is 2. The van der Waals surface area contributed by atoms with Crippen LogP contribution in [0.4, 0.5) is 0 Å². The smallest absolute Gasteiger partial charge is 0.167 e. The number of hydrogen-bond donors (Lipinski definition) is 0. The molecule has 0 spiro atoms. The molecule has 100 valence electrons. The third-order valence-corrected chi connectivity index (χ3v) is 4.03. The van der Waals surface area contributed by atoms with Crippen molar-refractivity contribution in [2.24, 2.45) is 11.8 Å². The summed E-state index contributed by atoms with van der Waals surface area (Å²) in [5.74, 6) is -0.128. The van der Waals surface area contributed by atoms with Crippen LogP contribution in [0, 0.1) is 11.8 Å². The summed E-state index contributed by atoms with van der Waals surface area (Å²) in [5.41, 5.74) is 1.78. The molecular formula is C18H16O2. The predicted octanol–water partition coefficient (Wildman–Crippen LogP) is 3.49. The fourth-order valence-corrected chi connectivity index (χ4v) is 3.03. The van der Waals surface area contributed by atoms with E-state index in [-0.39, 0.29) is 29.3 Å². The van der Waals surface area contributed by atoms with Gasteiger partial charge in [0.05, 0.1) is 0 Å². The molecule has 0 amide bonds. The highest BCUT2D eigenvalue weighted by Crippen LogP contribution is 2.55. The van der Waals surface area contributed by atoms with Crippen molar-refractivity contribution >= 4 is 11.6 Å². The van der Waals surface area contributed by atoms with Gasteiger partial charge in [-0.15, -0.1) is 0 Å². The summed E-state index contributed by atoms with van der Waals surface area (Å²) in [6.45, 7) is 1.58. The quantitative estimate of drug-likeness (QED) is 0.792. The summed E-state index contributed by atoms with van der Waals surface area (Å²) in [7, 11) is 0. The summed E-state index contributed by atoms with van der Waals surface area (Å²) < 4.78 is 0. The van der Waals surface area contributed by atoms with Crippen LogP contribution in [0.1, 0.15) is 28.8 Å². The summed E-state index contributed by atoms with van der Waals surface area (Å²) in [5, 5.41) is 0. The van der Waals surface area contributed by atoms with Gasteiger partial charge in [-0.1, -0.05) is 60.7 Å². The molecule has 2 nitrogen and oxygen atoms in total. The van der Waals surface area contributed by atoms with Crippen LogP contribution in [0.25, 0.3) is 0 Å². The van der Waals surface area contributed by atoms with E-state index in [1.165, 1.54) is 0 Å². The van der Waals surface area contributed by atoms with Crippen molar-refractivity contribution in [1.29, 1.82) is 0 Å². The van der Waals surface area contributed by atoms with E-state index < -0.39 is 0 Å². The Morgan fingerprint density at radius 2 is 1.35 bits per heavy atom. The van der Waals surface area contributed by atoms with Gasteiger partial charge >= 0.3 is 0 Å². The minimum Gasteiger partial charge on any atom is -0.300 e. The van der Waals surface area contributed by atoms with Crippen LogP contribution in [0.2, 0.25) is 0 Å². The highest BCUT2D eigenvalue weighted by molar-refractivity contribution is 6.05. The van der Waals surface area contributed by atoms with Gasteiger partial charge in [0.25, 0.3) is 0 Å². The maximum atomic E-state index is 12.6. The SMILES string of the molecule is CC(=O)[C@@H]1[C@@H](C(=O)c2ccccc2)[C@@H]1c1ccccc1. The molecule has 0 radical (unpaired) electrons. The third kappa shape index (κ3) is 2.18. The van der Waals surface area contributed by atoms with Crippen LogP contribution in [0.3, 0.4) is 0 Å². The molecular weight excluding hydrogens is 248 g/mol. The molecule has 0 bridgehead atoms. The molecule has 0 heterocycles. The Balaban J connectivity index is 1.90. The van der Waals surface area contributed by atoms with Gasteiger partial charge in [0.15, 0.2) is 5.78 Å². The Morgan fingerprint density at radius 3 is 1.90 bits per heavy atom. The van der Waals surface area contributed by atoms with Crippen molar-refractivity contribution in [3.05, 3.63) is 71.8 Å². The molecule has 3 rings (SSSR count). The van der Waals surface area contributed by atoms with Crippen LogP contribution < -0.4 is 0 Å². The van der Waals surface area contributed by atoms with E-state index in [9.17, 15) is 9.59 Å². The van der Waals surface area contributed by atoms with Gasteiger partial charge in [-0.05, 0) is 12.5 Å². The average Bonchev–Trinajstić information content (AvgIpc) is 3.24. The van der Waals surface area contributed by atoms with E-state index >= 15 is 0 Å². The third-order valence-electron chi connectivity index (χ3n) is 4.03. The highest BCUT2D eigenvalue weighted by Gasteiger charge is 2.57. The molecule has 1 aliphatic rings. The molecule has 3 atom stereocenters. The Bertz CT molecular complexity index is 631. The zero-order chi connectivity index (χ0) is 14.1. The second kappa shape index (κ2) is 5.04. The summed E-state index contributed by atoms with van der Waals surface area (Å²) in [4.78, 5) is 24.3. The lowest BCUT2D eigenvalue weighted by molar-refractivity contribution is -0.118. The van der Waals surface area contributed by atoms with Crippen molar-refractivity contribution in [1.82, 2.24) is 0 Å². The molecule has 0 saturated heterocycles. The molecule has 2 aromatic carbocycles. The Kier molecular flexibility index (Phi) is 3.23. The number of ketones is 2. The molecule has 2 heteroatoms. The van der Waals surface area contributed by atoms with E-state index in [4.69, 9.17) is 0 Å². The van der Waals surface area contributed by atoms with E-state index in [1.807, 2.05) is 60.7 Å². The molecule has 20 heavy (non-hydrogen) atoms. The van der Waals surface area contributed by atoms with Crippen molar-refractivity contribution in [2.75, 3.05) is 0 Å². The van der Waals surface area contributed by atoms with Crippen molar-refractivity contribution in [3.63, 3.8) is 0 Å². The molecule has 0 aliphatic heterocycles. The van der Waals surface area contributed by atoms with Gasteiger partial charge in [0.1, 0.15) is 5.78 Å². The molecule has 2 aromatic rings. The number of Topliss-reactive ketones (excluding diaryl/α,β-unsaturated/α-hetero) is 2. The average molecular weight is 264 g/mol. The monoisotopic (exact) mass is 264 g/mol. The second-order valence-corrected chi connectivity index (χ2v) is 5.33. The molecule has 0 aromatic heterocycles. The van der Waals surface area contributed by atoms with Gasteiger partial charge < -0.3 is 0 Å². The first-order valence-electron chi connectivity index (χ1n) is 6.85. The highest BCUT2D eigenvalue weighted by atomic mass is 16.1. The number of carbonyl (C=O) groups is 2. The summed E-state index contributed by atoms with van der Waals surface area (Å²) in [6.07, 6.45) is 0. The summed E-state index contributed by atoms with van der Waals surface area (Å²) in [6, 6.07) is 19.1. The minimum absolute atomic E-state index is 0.0430. The van der Waals surface area contributed by atoms with Gasteiger partial charge in [-0.3, -0.25) is 9.59 Å². The number of hydrogen-bond acceptors (Lipinski definition) is 2. The van der Waals surface area contributed by atoms with Crippen LogP contribution in [-0.4, -0.2) is 11.6 Å². The zero-order valence-electron chi connectivity index (χ0n) is 11.3. The first kappa shape index (κ1) is 12.8. The van der Waals surface area contributed by atoms with Crippen LogP contribution in [-0.2, 0) is 4.79 Å². The van der Waals surface area contributed by atoms with Crippen LogP contribution >= 0.6 is 0 Å². The van der Waals surface area contributed by atoms with Crippen molar-refractivity contribution < 1.29 is 9.59 Å². The molecule has 0 N–H and O–H groups in total. The van der Waals surface area contributed by atoms with E-state index in [0.29, 0.717) is 5.56 Å². The van der Waals surface area contributed by atoms with Gasteiger partial charge in [0.2, 0.25) is 0 Å². The normalized spacial score (nSPS) is 24.1. The van der Waals surface area contributed by atoms with Gasteiger partial charge in [0, 0.05) is 23.3 Å². The molecule has 1 saturated carbocycles. The Labute approximate surface area is 118 Å². The first-order valence-corrected chi connectivity index (χ1v) is 6.85. The lowest BCUT2D eigenvalue weighted by atomic mass is 10.0. The predicted molar refractivity (Wildman–Crippen MR) is 77.6 cm³/mol. The number of benzene rings is 2. The molecule has 0 unspecified atom stereocenters. The lowest BCUT2D eigenvalue weighted by Crippen LogP contribution is -2.06.